The summed E-state index contributed by atoms with van der Waals surface area (Å²) in [6.07, 6.45) is -3.33. The second kappa shape index (κ2) is 7.28. The van der Waals surface area contributed by atoms with Crippen LogP contribution in [-0.4, -0.2) is 40.0 Å². The molecule has 1 aromatic heterocycles. The van der Waals surface area contributed by atoms with Gasteiger partial charge in [0.05, 0.1) is 5.56 Å². The highest BCUT2D eigenvalue weighted by molar-refractivity contribution is 6.49. The molecular weight excluding hydrogens is 425 g/mol. The van der Waals surface area contributed by atoms with Crippen molar-refractivity contribution in [3.05, 3.63) is 51.9 Å². The third kappa shape index (κ3) is 3.47. The number of halogens is 4. The monoisotopic (exact) mass is 438 g/mol. The van der Waals surface area contributed by atoms with E-state index in [9.17, 15) is 27.6 Å². The number of allylic oxidation sites excluding steroid dienone is 2. The number of carbonyl (C=O) groups excluding carboxylic acids is 3. The van der Waals surface area contributed by atoms with Gasteiger partial charge in [0.1, 0.15) is 34.0 Å². The predicted molar refractivity (Wildman–Crippen MR) is 99.7 cm³/mol. The topological polar surface area (TPSA) is 104 Å². The van der Waals surface area contributed by atoms with Crippen LogP contribution in [0.25, 0.3) is 11.4 Å². The molecule has 1 amide bonds. The van der Waals surface area contributed by atoms with Gasteiger partial charge in [0.15, 0.2) is 0 Å². The van der Waals surface area contributed by atoms with Crippen molar-refractivity contribution in [2.24, 2.45) is 0 Å². The quantitative estimate of drug-likeness (QED) is 0.683. The van der Waals surface area contributed by atoms with E-state index >= 15 is 0 Å². The van der Waals surface area contributed by atoms with Gasteiger partial charge >= 0.3 is 6.18 Å². The Kier molecular flexibility index (Phi) is 4.89. The smallest absolute Gasteiger partial charge is 0.369 e. The Hall–Kier alpha value is -3.14. The zero-order valence-electron chi connectivity index (χ0n) is 15.2. The van der Waals surface area contributed by atoms with Crippen LogP contribution in [-0.2, 0) is 11.0 Å². The zero-order valence-corrected chi connectivity index (χ0v) is 15.9. The highest BCUT2D eigenvalue weighted by Gasteiger charge is 2.37. The average molecular weight is 439 g/mol. The van der Waals surface area contributed by atoms with Gasteiger partial charge in [-0.2, -0.15) is 13.2 Å². The van der Waals surface area contributed by atoms with Crippen LogP contribution in [0.3, 0.4) is 0 Å². The number of aromatic nitrogens is 2. The predicted octanol–water partition coefficient (Wildman–Crippen LogP) is 2.79. The van der Waals surface area contributed by atoms with Crippen LogP contribution in [0, 0.1) is 0 Å². The summed E-state index contributed by atoms with van der Waals surface area (Å²) in [4.78, 5) is 44.2. The Morgan fingerprint density at radius 2 is 1.80 bits per heavy atom. The molecular formula is C19H14ClF3N4O3. The number of aromatic amines is 1. The Balaban J connectivity index is 1.64. The maximum Gasteiger partial charge on any atom is 0.416 e. The summed E-state index contributed by atoms with van der Waals surface area (Å²) in [5, 5.41) is 5.01. The zero-order chi connectivity index (χ0) is 21.6. The van der Waals surface area contributed by atoms with Crippen molar-refractivity contribution < 1.29 is 27.6 Å². The number of Topliss-reactive ketones (excluding diaryl/α,β-unsaturated/α-hetero) is 2. The molecule has 7 nitrogen and oxygen atoms in total. The van der Waals surface area contributed by atoms with E-state index < -0.39 is 29.3 Å². The number of alkyl halides is 3. The Morgan fingerprint density at radius 3 is 2.43 bits per heavy atom. The number of amides is 1. The van der Waals surface area contributed by atoms with E-state index in [0.717, 1.165) is 12.1 Å². The molecule has 0 unspecified atom stereocenters. The highest BCUT2D eigenvalue weighted by Crippen LogP contribution is 2.32. The average Bonchev–Trinajstić information content (AvgIpc) is 3.16. The maximum absolute atomic E-state index is 12.9. The standard InChI is InChI=1S/C19H14ClF3N4O3/c20-11-12(25-10-2-1-7-24-18(10)30)16(29)14-13(15(11)28)26-17(27-14)8-3-5-9(6-4-8)19(21,22)23/h3-6,10,25H,1-2,7H2,(H,24,30)(H,26,27)/t10-/m0/s1. The Labute approximate surface area is 172 Å². The molecule has 1 aliphatic heterocycles. The van der Waals surface area contributed by atoms with Crippen LogP contribution < -0.4 is 10.6 Å². The molecule has 1 atom stereocenters. The largest absolute Gasteiger partial charge is 0.416 e. The van der Waals surface area contributed by atoms with Crippen LogP contribution in [0.5, 0.6) is 0 Å². The normalized spacial score (nSPS) is 19.6. The molecule has 1 aromatic carbocycles. The molecule has 0 radical (unpaired) electrons. The summed E-state index contributed by atoms with van der Waals surface area (Å²) < 4.78 is 38.2. The van der Waals surface area contributed by atoms with E-state index in [1.54, 1.807) is 0 Å². The summed E-state index contributed by atoms with van der Waals surface area (Å²) in [5.41, 5.74) is -1.16. The van der Waals surface area contributed by atoms with Gasteiger partial charge in [-0.05, 0) is 25.0 Å². The van der Waals surface area contributed by atoms with E-state index in [-0.39, 0.29) is 39.4 Å². The number of fused-ring (bicyclic) bond motifs is 1. The fraction of sp³-hybridized carbons (Fsp3) is 0.263. The van der Waals surface area contributed by atoms with Gasteiger partial charge in [-0.1, -0.05) is 23.7 Å². The molecule has 0 spiro atoms. The molecule has 4 rings (SSSR count). The van der Waals surface area contributed by atoms with Crippen LogP contribution in [0.1, 0.15) is 39.4 Å². The minimum absolute atomic E-state index is 0.0524. The number of rotatable bonds is 3. The summed E-state index contributed by atoms with van der Waals surface area (Å²) in [6.45, 7) is 0.524. The number of hydrogen-bond acceptors (Lipinski definition) is 5. The lowest BCUT2D eigenvalue weighted by atomic mass is 10.00. The van der Waals surface area contributed by atoms with Crippen molar-refractivity contribution in [1.82, 2.24) is 20.6 Å². The maximum atomic E-state index is 12.9. The first kappa shape index (κ1) is 20.1. The molecule has 1 aliphatic carbocycles. The van der Waals surface area contributed by atoms with Gasteiger partial charge < -0.3 is 15.6 Å². The first-order chi connectivity index (χ1) is 14.2. The molecule has 30 heavy (non-hydrogen) atoms. The number of nitrogens with zero attached hydrogens (tertiary/aromatic N) is 1. The number of hydrogen-bond donors (Lipinski definition) is 3. The third-order valence-corrected chi connectivity index (χ3v) is 5.24. The van der Waals surface area contributed by atoms with Crippen molar-refractivity contribution in [3.8, 4) is 11.4 Å². The number of imidazole rings is 1. The fourth-order valence-corrected chi connectivity index (χ4v) is 3.54. The SMILES string of the molecule is O=C1C(N[C@H]2CCCNC2=O)=C(Cl)C(=O)c2[nH]c(-c3ccc(C(F)(F)F)cc3)nc21. The molecule has 11 heteroatoms. The number of piperidine rings is 1. The second-order valence-corrected chi connectivity index (χ2v) is 7.24. The molecule has 3 N–H and O–H groups in total. The number of nitrogens with one attached hydrogen (secondary N) is 3. The van der Waals surface area contributed by atoms with Gasteiger partial charge in [-0.3, -0.25) is 14.4 Å². The van der Waals surface area contributed by atoms with Crippen LogP contribution in [0.4, 0.5) is 13.2 Å². The van der Waals surface area contributed by atoms with Crippen LogP contribution in [0.2, 0.25) is 0 Å². The summed E-state index contributed by atoms with van der Waals surface area (Å²) in [6, 6.07) is 3.40. The molecule has 0 saturated carbocycles. The minimum atomic E-state index is -4.49. The lowest BCUT2D eigenvalue weighted by molar-refractivity contribution is -0.137. The van der Waals surface area contributed by atoms with Crippen molar-refractivity contribution in [2.45, 2.75) is 25.1 Å². The fourth-order valence-electron chi connectivity index (χ4n) is 3.31. The number of carbonyl (C=O) groups is 3. The summed E-state index contributed by atoms with van der Waals surface area (Å²) in [5.74, 6) is -1.63. The van der Waals surface area contributed by atoms with E-state index in [2.05, 4.69) is 20.6 Å². The van der Waals surface area contributed by atoms with E-state index in [4.69, 9.17) is 11.6 Å². The van der Waals surface area contributed by atoms with E-state index in [1.807, 2.05) is 0 Å². The summed E-state index contributed by atoms with van der Waals surface area (Å²) >= 11 is 6.09. The minimum Gasteiger partial charge on any atom is -0.369 e. The van der Waals surface area contributed by atoms with Gasteiger partial charge in [0.2, 0.25) is 17.5 Å². The van der Waals surface area contributed by atoms with E-state index in [0.29, 0.717) is 19.4 Å². The Bertz CT molecular complexity index is 1090. The highest BCUT2D eigenvalue weighted by atomic mass is 35.5. The number of benzene rings is 1. The molecule has 2 aromatic rings. The van der Waals surface area contributed by atoms with Crippen molar-refractivity contribution in [2.75, 3.05) is 6.54 Å². The van der Waals surface area contributed by atoms with Gasteiger partial charge in [-0.25, -0.2) is 4.98 Å². The Morgan fingerprint density at radius 1 is 1.10 bits per heavy atom. The van der Waals surface area contributed by atoms with Gasteiger partial charge in [0, 0.05) is 12.1 Å². The van der Waals surface area contributed by atoms with Crippen molar-refractivity contribution in [3.63, 3.8) is 0 Å². The first-order valence-corrected chi connectivity index (χ1v) is 9.35. The molecule has 2 aliphatic rings. The first-order valence-electron chi connectivity index (χ1n) is 8.98. The van der Waals surface area contributed by atoms with Gasteiger partial charge in [-0.15, -0.1) is 0 Å². The van der Waals surface area contributed by atoms with Crippen molar-refractivity contribution >= 4 is 29.1 Å². The lowest BCUT2D eigenvalue weighted by Gasteiger charge is -2.25. The molecule has 0 bridgehead atoms. The van der Waals surface area contributed by atoms with Crippen molar-refractivity contribution in [1.29, 1.82) is 0 Å². The number of ketones is 2. The van der Waals surface area contributed by atoms with Crippen LogP contribution >= 0.6 is 11.6 Å². The molecule has 156 valence electrons. The van der Waals surface area contributed by atoms with E-state index in [1.165, 1.54) is 12.1 Å². The number of H-pyrrole nitrogens is 1. The van der Waals surface area contributed by atoms with Crippen LogP contribution in [0.15, 0.2) is 35.0 Å². The molecule has 1 saturated heterocycles. The molecule has 2 heterocycles. The lowest BCUT2D eigenvalue weighted by Crippen LogP contribution is -2.49. The molecule has 1 fully saturated rings. The second-order valence-electron chi connectivity index (χ2n) is 6.86. The third-order valence-electron chi connectivity index (χ3n) is 4.88. The summed E-state index contributed by atoms with van der Waals surface area (Å²) in [7, 11) is 0. The van der Waals surface area contributed by atoms with Gasteiger partial charge in [0.25, 0.3) is 0 Å².